The van der Waals surface area contributed by atoms with Gasteiger partial charge in [0.15, 0.2) is 5.69 Å². The third-order valence-electron chi connectivity index (χ3n) is 4.50. The Hall–Kier alpha value is -1.79. The predicted octanol–water partition coefficient (Wildman–Crippen LogP) is 6.38. The third kappa shape index (κ3) is 3.09. The van der Waals surface area contributed by atoms with Gasteiger partial charge in [-0.3, -0.25) is 0 Å². The van der Waals surface area contributed by atoms with Crippen molar-refractivity contribution in [2.24, 2.45) is 10.2 Å². The molecule has 0 atom stereocenters. The van der Waals surface area contributed by atoms with E-state index in [-0.39, 0.29) is 5.88 Å². The number of fused-ring (bicyclic) bond motifs is 1. The molecule has 0 amide bonds. The number of halogens is 1. The van der Waals surface area contributed by atoms with Gasteiger partial charge in [-0.25, -0.2) is 0 Å². The first-order chi connectivity index (χ1) is 12.2. The number of thioether (sulfide) groups is 1. The number of hydrogen-bond acceptors (Lipinski definition) is 4. The van der Waals surface area contributed by atoms with E-state index in [1.54, 1.807) is 0 Å². The molecule has 1 aliphatic rings. The average molecular weight is 416 g/mol. The van der Waals surface area contributed by atoms with E-state index in [0.29, 0.717) is 11.7 Å². The Bertz CT molecular complexity index is 945. The summed E-state index contributed by atoms with van der Waals surface area (Å²) in [5, 5.41) is 20.5. The summed E-state index contributed by atoms with van der Waals surface area (Å²) in [7, 11) is 0. The minimum atomic E-state index is 0.217. The van der Waals surface area contributed by atoms with Crippen molar-refractivity contribution in [3.8, 4) is 5.88 Å². The minimum absolute atomic E-state index is 0.217. The van der Waals surface area contributed by atoms with Crippen LogP contribution in [0.15, 0.2) is 57.2 Å². The smallest absolute Gasteiger partial charge is 0.221 e. The summed E-state index contributed by atoms with van der Waals surface area (Å²) in [4.78, 5) is 0. The van der Waals surface area contributed by atoms with E-state index in [1.165, 1.54) is 5.56 Å². The average Bonchev–Trinajstić information content (AvgIpc) is 2.85. The molecule has 6 heteroatoms. The maximum Gasteiger partial charge on any atom is 0.221 e. The molecule has 0 bridgehead atoms. The van der Waals surface area contributed by atoms with Crippen LogP contribution in [-0.2, 0) is 6.42 Å². The van der Waals surface area contributed by atoms with Crippen LogP contribution in [0.5, 0.6) is 5.88 Å². The SMILES string of the molecule is CCc1ccc2c(c1)c(N=Nc1ccc(Br)cc1)c(O)n2C1CSC1. The number of azo groups is 1. The van der Waals surface area contributed by atoms with E-state index in [9.17, 15) is 5.11 Å². The van der Waals surface area contributed by atoms with Gasteiger partial charge < -0.3 is 9.67 Å². The molecule has 0 radical (unpaired) electrons. The molecule has 1 fully saturated rings. The summed E-state index contributed by atoms with van der Waals surface area (Å²) < 4.78 is 3.02. The standard InChI is InChI=1S/C19H18BrN3OS/c1-2-12-3-8-17-16(9-12)18(19(24)23(17)15-10-25-11-15)22-21-14-6-4-13(20)5-7-14/h3-9,15,24H,2,10-11H2,1H3. The van der Waals surface area contributed by atoms with Gasteiger partial charge in [0.1, 0.15) is 0 Å². The molecule has 2 heterocycles. The van der Waals surface area contributed by atoms with Crippen LogP contribution in [-0.4, -0.2) is 21.2 Å². The molecule has 0 aliphatic carbocycles. The summed E-state index contributed by atoms with van der Waals surface area (Å²) >= 11 is 5.31. The van der Waals surface area contributed by atoms with E-state index >= 15 is 0 Å². The fourth-order valence-electron chi connectivity index (χ4n) is 3.01. The number of aromatic hydroxyl groups is 1. The Labute approximate surface area is 159 Å². The van der Waals surface area contributed by atoms with Crippen molar-refractivity contribution in [3.05, 3.63) is 52.5 Å². The van der Waals surface area contributed by atoms with Crippen LogP contribution in [0.3, 0.4) is 0 Å². The zero-order valence-corrected chi connectivity index (χ0v) is 16.2. The molecule has 4 nitrogen and oxygen atoms in total. The highest BCUT2D eigenvalue weighted by Crippen LogP contribution is 2.45. The van der Waals surface area contributed by atoms with Crippen LogP contribution < -0.4 is 0 Å². The first-order valence-corrected chi connectivity index (χ1v) is 10.2. The topological polar surface area (TPSA) is 49.9 Å². The van der Waals surface area contributed by atoms with Crippen molar-refractivity contribution < 1.29 is 5.11 Å². The highest BCUT2D eigenvalue weighted by Gasteiger charge is 2.27. The highest BCUT2D eigenvalue weighted by atomic mass is 79.9. The summed E-state index contributed by atoms with van der Waals surface area (Å²) in [6.07, 6.45) is 0.949. The molecule has 0 spiro atoms. The fraction of sp³-hybridized carbons (Fsp3) is 0.263. The van der Waals surface area contributed by atoms with Gasteiger partial charge in [-0.1, -0.05) is 28.9 Å². The molecule has 128 valence electrons. The number of aromatic nitrogens is 1. The fourth-order valence-corrected chi connectivity index (χ4v) is 4.02. The zero-order chi connectivity index (χ0) is 17.4. The second-order valence-corrected chi connectivity index (χ2v) is 8.11. The number of benzene rings is 2. The number of aryl methyl sites for hydroxylation is 1. The normalized spacial score (nSPS) is 15.1. The van der Waals surface area contributed by atoms with Crippen LogP contribution in [0, 0.1) is 0 Å². The minimum Gasteiger partial charge on any atom is -0.493 e. The molecule has 3 aromatic rings. The molecule has 1 N–H and O–H groups in total. The Kier molecular flexibility index (Phi) is 4.56. The molecule has 25 heavy (non-hydrogen) atoms. The van der Waals surface area contributed by atoms with Gasteiger partial charge in [-0.2, -0.15) is 16.9 Å². The first kappa shape index (κ1) is 16.7. The lowest BCUT2D eigenvalue weighted by molar-refractivity contribution is 0.406. The Morgan fingerprint density at radius 1 is 1.16 bits per heavy atom. The quantitative estimate of drug-likeness (QED) is 0.502. The molecule has 0 saturated carbocycles. The second-order valence-electron chi connectivity index (χ2n) is 6.11. The highest BCUT2D eigenvalue weighted by molar-refractivity contribution is 9.10. The molecule has 1 aromatic heterocycles. The Morgan fingerprint density at radius 3 is 2.56 bits per heavy atom. The largest absolute Gasteiger partial charge is 0.493 e. The van der Waals surface area contributed by atoms with Crippen molar-refractivity contribution in [1.29, 1.82) is 0 Å². The van der Waals surface area contributed by atoms with Gasteiger partial charge in [-0.05, 0) is 48.4 Å². The molecule has 2 aromatic carbocycles. The van der Waals surface area contributed by atoms with Crippen molar-refractivity contribution in [2.75, 3.05) is 11.5 Å². The van der Waals surface area contributed by atoms with E-state index in [1.807, 2.05) is 40.6 Å². The monoisotopic (exact) mass is 415 g/mol. The maximum absolute atomic E-state index is 10.8. The Morgan fingerprint density at radius 2 is 1.92 bits per heavy atom. The van der Waals surface area contributed by atoms with Gasteiger partial charge in [0.2, 0.25) is 5.88 Å². The summed E-state index contributed by atoms with van der Waals surface area (Å²) in [5.41, 5.74) is 3.58. The third-order valence-corrected chi connectivity index (χ3v) is 6.27. The van der Waals surface area contributed by atoms with Gasteiger partial charge in [0.05, 0.1) is 17.2 Å². The lowest BCUT2D eigenvalue weighted by Crippen LogP contribution is -2.22. The van der Waals surface area contributed by atoms with E-state index in [0.717, 1.165) is 39.0 Å². The molecule has 1 saturated heterocycles. The molecule has 0 unspecified atom stereocenters. The lowest BCUT2D eigenvalue weighted by Gasteiger charge is -2.27. The molecule has 4 rings (SSSR count). The van der Waals surface area contributed by atoms with Crippen molar-refractivity contribution in [1.82, 2.24) is 4.57 Å². The lowest BCUT2D eigenvalue weighted by atomic mass is 10.1. The van der Waals surface area contributed by atoms with Gasteiger partial charge in [0, 0.05) is 21.4 Å². The molecule has 1 aliphatic heterocycles. The zero-order valence-electron chi connectivity index (χ0n) is 13.8. The van der Waals surface area contributed by atoms with Crippen molar-refractivity contribution >= 4 is 50.0 Å². The number of nitrogens with zero attached hydrogens (tertiary/aromatic N) is 3. The number of hydrogen-bond donors (Lipinski definition) is 1. The summed E-state index contributed by atoms with van der Waals surface area (Å²) in [6.45, 7) is 2.13. The van der Waals surface area contributed by atoms with Crippen LogP contribution >= 0.6 is 27.7 Å². The van der Waals surface area contributed by atoms with Crippen molar-refractivity contribution in [2.45, 2.75) is 19.4 Å². The molecular weight excluding hydrogens is 398 g/mol. The van der Waals surface area contributed by atoms with E-state index in [2.05, 4.69) is 51.3 Å². The van der Waals surface area contributed by atoms with Gasteiger partial charge in [-0.15, -0.1) is 5.11 Å². The Balaban J connectivity index is 1.83. The second kappa shape index (κ2) is 6.84. The summed E-state index contributed by atoms with van der Waals surface area (Å²) in [5.74, 6) is 2.26. The summed E-state index contributed by atoms with van der Waals surface area (Å²) in [6, 6.07) is 14.3. The van der Waals surface area contributed by atoms with E-state index < -0.39 is 0 Å². The van der Waals surface area contributed by atoms with Gasteiger partial charge in [0.25, 0.3) is 0 Å². The van der Waals surface area contributed by atoms with Crippen LogP contribution in [0.2, 0.25) is 0 Å². The van der Waals surface area contributed by atoms with Crippen LogP contribution in [0.4, 0.5) is 11.4 Å². The predicted molar refractivity (Wildman–Crippen MR) is 108 cm³/mol. The van der Waals surface area contributed by atoms with Crippen LogP contribution in [0.1, 0.15) is 18.5 Å². The van der Waals surface area contributed by atoms with Crippen molar-refractivity contribution in [3.63, 3.8) is 0 Å². The first-order valence-electron chi connectivity index (χ1n) is 8.28. The van der Waals surface area contributed by atoms with Gasteiger partial charge >= 0.3 is 0 Å². The maximum atomic E-state index is 10.8. The molecular formula is C19H18BrN3OS. The number of rotatable bonds is 4. The van der Waals surface area contributed by atoms with E-state index in [4.69, 9.17) is 0 Å². The van der Waals surface area contributed by atoms with Crippen LogP contribution in [0.25, 0.3) is 10.9 Å².